The van der Waals surface area contributed by atoms with Crippen molar-refractivity contribution in [3.8, 4) is 0 Å². The molecule has 0 aromatic rings. The Balaban J connectivity index is 1.56. The number of ether oxygens (including phenoxy) is 3. The van der Waals surface area contributed by atoms with Gasteiger partial charge in [-0.25, -0.2) is 4.18 Å². The number of hydrogen-bond donors (Lipinski definition) is 0. The zero-order valence-corrected chi connectivity index (χ0v) is 16.2. The fourth-order valence-corrected chi connectivity index (χ4v) is 3.70. The second-order valence-corrected chi connectivity index (χ2v) is 8.04. The van der Waals surface area contributed by atoms with Crippen LogP contribution in [-0.2, 0) is 33.0 Å². The maximum Gasteiger partial charge on any atom is 0.402 e. The van der Waals surface area contributed by atoms with Crippen LogP contribution in [0.5, 0.6) is 0 Å². The van der Waals surface area contributed by atoms with Crippen LogP contribution >= 0.6 is 0 Å². The predicted octanol–water partition coefficient (Wildman–Crippen LogP) is 3.28. The fraction of sp³-hybridized carbons (Fsp3) is 1.00. The fourth-order valence-electron chi connectivity index (χ4n) is 3.22. The summed E-state index contributed by atoms with van der Waals surface area (Å²) in [6, 6.07) is 0. The van der Waals surface area contributed by atoms with Gasteiger partial charge >= 0.3 is 10.4 Å². The van der Waals surface area contributed by atoms with Gasteiger partial charge in [0.1, 0.15) is 12.2 Å². The summed E-state index contributed by atoms with van der Waals surface area (Å²) in [4.78, 5) is 0. The van der Waals surface area contributed by atoms with Gasteiger partial charge in [0, 0.05) is 0 Å². The van der Waals surface area contributed by atoms with Gasteiger partial charge < -0.3 is 14.2 Å². The zero-order valence-electron chi connectivity index (χ0n) is 15.4. The smallest absolute Gasteiger partial charge is 0.346 e. The van der Waals surface area contributed by atoms with Gasteiger partial charge in [0.15, 0.2) is 6.29 Å². The van der Waals surface area contributed by atoms with Crippen molar-refractivity contribution in [3.63, 3.8) is 0 Å². The average Bonchev–Trinajstić information content (AvgIpc) is 3.15. The van der Waals surface area contributed by atoms with E-state index in [1.54, 1.807) is 0 Å². The molecule has 148 valence electrons. The average molecular weight is 381 g/mol. The van der Waals surface area contributed by atoms with E-state index in [-0.39, 0.29) is 19.0 Å². The van der Waals surface area contributed by atoms with Crippen molar-refractivity contribution in [2.24, 2.45) is 0 Å². The zero-order chi connectivity index (χ0) is 18.1. The van der Waals surface area contributed by atoms with E-state index in [9.17, 15) is 8.42 Å². The highest BCUT2D eigenvalue weighted by molar-refractivity contribution is 7.81. The first-order valence-electron chi connectivity index (χ1n) is 9.47. The summed E-state index contributed by atoms with van der Waals surface area (Å²) in [6.45, 7) is 2.50. The topological polar surface area (TPSA) is 80.3 Å². The number of hydrogen-bond acceptors (Lipinski definition) is 7. The van der Waals surface area contributed by atoms with Crippen LogP contribution in [0.15, 0.2) is 0 Å². The molecule has 0 radical (unpaired) electrons. The molecule has 0 N–H and O–H groups in total. The molecule has 4 atom stereocenters. The standard InChI is InChI=1S/C17H32O7S/c1-3-4-5-6-7-8-9-10-11-12-15-22-14-13-21-17(16(14)23-15)24-25(18,19)20-2/h14-17H,3-13H2,1-2H3. The van der Waals surface area contributed by atoms with E-state index in [0.717, 1.165) is 20.0 Å². The predicted molar refractivity (Wildman–Crippen MR) is 92.1 cm³/mol. The molecule has 0 bridgehead atoms. The van der Waals surface area contributed by atoms with Crippen LogP contribution in [0.3, 0.4) is 0 Å². The second-order valence-electron chi connectivity index (χ2n) is 6.69. The van der Waals surface area contributed by atoms with E-state index in [4.69, 9.17) is 18.4 Å². The lowest BCUT2D eigenvalue weighted by molar-refractivity contribution is -0.157. The van der Waals surface area contributed by atoms with Crippen molar-refractivity contribution >= 4 is 10.4 Å². The molecule has 8 heteroatoms. The van der Waals surface area contributed by atoms with Crippen LogP contribution in [0.1, 0.15) is 71.1 Å². The molecule has 2 aliphatic rings. The van der Waals surface area contributed by atoms with Gasteiger partial charge in [0.25, 0.3) is 0 Å². The van der Waals surface area contributed by atoms with Gasteiger partial charge in [-0.3, -0.25) is 4.18 Å². The molecule has 0 aromatic carbocycles. The lowest BCUT2D eigenvalue weighted by atomic mass is 10.1. The Morgan fingerprint density at radius 1 is 0.960 bits per heavy atom. The summed E-state index contributed by atoms with van der Waals surface area (Å²) in [7, 11) is -3.01. The Morgan fingerprint density at radius 2 is 1.60 bits per heavy atom. The van der Waals surface area contributed by atoms with E-state index in [1.165, 1.54) is 51.4 Å². The Hall–Kier alpha value is -0.250. The van der Waals surface area contributed by atoms with Crippen molar-refractivity contribution in [2.45, 2.75) is 95.9 Å². The van der Waals surface area contributed by atoms with Gasteiger partial charge in [0.05, 0.1) is 13.7 Å². The van der Waals surface area contributed by atoms with Crippen molar-refractivity contribution < 1.29 is 31.0 Å². The van der Waals surface area contributed by atoms with Crippen molar-refractivity contribution in [3.05, 3.63) is 0 Å². The number of unbranched alkanes of at least 4 members (excludes halogenated alkanes) is 8. The first-order valence-corrected chi connectivity index (χ1v) is 10.8. The summed E-state index contributed by atoms with van der Waals surface area (Å²) in [5.41, 5.74) is 0. The third kappa shape index (κ3) is 7.11. The molecule has 2 aliphatic heterocycles. The molecule has 0 amide bonds. The Kier molecular flexibility index (Phi) is 9.09. The minimum Gasteiger partial charge on any atom is -0.346 e. The molecule has 0 aliphatic carbocycles. The minimum absolute atomic E-state index is 0.267. The van der Waals surface area contributed by atoms with Gasteiger partial charge in [-0.05, 0) is 12.8 Å². The van der Waals surface area contributed by atoms with Crippen LogP contribution in [0, 0.1) is 0 Å². The third-order valence-corrected chi connectivity index (χ3v) is 5.49. The van der Waals surface area contributed by atoms with E-state index in [2.05, 4.69) is 11.1 Å². The SMILES string of the molecule is CCCCCCCCCCCC1OC2COC(OS(=O)(=O)OC)C2O1. The van der Waals surface area contributed by atoms with Gasteiger partial charge in [-0.15, -0.1) is 0 Å². The van der Waals surface area contributed by atoms with E-state index >= 15 is 0 Å². The van der Waals surface area contributed by atoms with Crippen LogP contribution in [-0.4, -0.2) is 46.9 Å². The molecule has 2 rings (SSSR count). The molecule has 2 fully saturated rings. The van der Waals surface area contributed by atoms with Crippen molar-refractivity contribution in [1.82, 2.24) is 0 Å². The Bertz CT molecular complexity index is 468. The highest BCUT2D eigenvalue weighted by atomic mass is 32.3. The largest absolute Gasteiger partial charge is 0.402 e. The molecular formula is C17H32O7S. The molecule has 0 saturated carbocycles. The van der Waals surface area contributed by atoms with Gasteiger partial charge in [-0.1, -0.05) is 58.3 Å². The molecule has 7 nitrogen and oxygen atoms in total. The van der Waals surface area contributed by atoms with Crippen LogP contribution in [0.4, 0.5) is 0 Å². The van der Waals surface area contributed by atoms with Gasteiger partial charge in [0.2, 0.25) is 6.29 Å². The molecule has 2 saturated heterocycles. The summed E-state index contributed by atoms with van der Waals surface area (Å²) in [5, 5.41) is 0. The highest BCUT2D eigenvalue weighted by Gasteiger charge is 2.49. The Morgan fingerprint density at radius 3 is 2.24 bits per heavy atom. The van der Waals surface area contributed by atoms with E-state index < -0.39 is 22.8 Å². The van der Waals surface area contributed by atoms with Gasteiger partial charge in [-0.2, -0.15) is 8.42 Å². The van der Waals surface area contributed by atoms with E-state index in [1.807, 2.05) is 0 Å². The lowest BCUT2D eigenvalue weighted by Crippen LogP contribution is -2.32. The van der Waals surface area contributed by atoms with E-state index in [0.29, 0.717) is 0 Å². The molecule has 2 heterocycles. The first kappa shape index (κ1) is 21.1. The second kappa shape index (κ2) is 10.8. The minimum atomic E-state index is -4.06. The van der Waals surface area contributed by atoms with Crippen LogP contribution in [0.25, 0.3) is 0 Å². The van der Waals surface area contributed by atoms with Crippen molar-refractivity contribution in [1.29, 1.82) is 0 Å². The maximum absolute atomic E-state index is 11.4. The normalized spacial score (nSPS) is 29.2. The monoisotopic (exact) mass is 380 g/mol. The summed E-state index contributed by atoms with van der Waals surface area (Å²) >= 11 is 0. The third-order valence-electron chi connectivity index (χ3n) is 4.66. The first-order chi connectivity index (χ1) is 12.1. The van der Waals surface area contributed by atoms with Crippen molar-refractivity contribution in [2.75, 3.05) is 13.7 Å². The number of fused-ring (bicyclic) bond motifs is 1. The summed E-state index contributed by atoms with van der Waals surface area (Å²) < 4.78 is 48.6. The lowest BCUT2D eigenvalue weighted by Gasteiger charge is -2.17. The summed E-state index contributed by atoms with van der Waals surface area (Å²) in [6.07, 6.45) is 10.1. The Labute approximate surface area is 151 Å². The molecule has 0 aromatic heterocycles. The molecule has 4 unspecified atom stereocenters. The van der Waals surface area contributed by atoms with Crippen LogP contribution < -0.4 is 0 Å². The molecule has 0 spiro atoms. The molecule has 25 heavy (non-hydrogen) atoms. The van der Waals surface area contributed by atoms with Crippen LogP contribution in [0.2, 0.25) is 0 Å². The number of rotatable bonds is 13. The summed E-state index contributed by atoms with van der Waals surface area (Å²) in [5.74, 6) is 0. The maximum atomic E-state index is 11.4. The highest BCUT2D eigenvalue weighted by Crippen LogP contribution is 2.32. The quantitative estimate of drug-likeness (QED) is 0.454. The molecular weight excluding hydrogens is 348 g/mol.